The number of hydrogen-bond donors (Lipinski definition) is 2. The molecule has 1 rings (SSSR count). The lowest BCUT2D eigenvalue weighted by molar-refractivity contribution is 0.178. The van der Waals surface area contributed by atoms with Gasteiger partial charge in [-0.1, -0.05) is 6.92 Å². The summed E-state index contributed by atoms with van der Waals surface area (Å²) in [5, 5.41) is 8.77. The molecule has 0 saturated heterocycles. The summed E-state index contributed by atoms with van der Waals surface area (Å²) in [5.41, 5.74) is 6.20. The van der Waals surface area contributed by atoms with Gasteiger partial charge in [-0.3, -0.25) is 4.90 Å². The van der Waals surface area contributed by atoms with Crippen LogP contribution in [0.15, 0.2) is 22.8 Å². The van der Waals surface area contributed by atoms with Crippen LogP contribution in [0.2, 0.25) is 0 Å². The fourth-order valence-corrected chi connectivity index (χ4v) is 2.23. The van der Waals surface area contributed by atoms with Gasteiger partial charge < -0.3 is 15.3 Å². The second-order valence-corrected chi connectivity index (χ2v) is 4.80. The van der Waals surface area contributed by atoms with Crippen molar-refractivity contribution in [3.05, 3.63) is 24.2 Å². The van der Waals surface area contributed by atoms with Crippen molar-refractivity contribution in [1.82, 2.24) is 4.90 Å². The summed E-state index contributed by atoms with van der Waals surface area (Å²) in [6.07, 6.45) is 5.62. The van der Waals surface area contributed by atoms with Crippen LogP contribution in [-0.4, -0.2) is 36.2 Å². The summed E-state index contributed by atoms with van der Waals surface area (Å²) in [5.74, 6) is 0.939. The Morgan fingerprint density at radius 2 is 2.17 bits per heavy atom. The summed E-state index contributed by atoms with van der Waals surface area (Å²) in [4.78, 5) is 2.25. The highest BCUT2D eigenvalue weighted by atomic mass is 16.3. The molecule has 0 aliphatic rings. The third-order valence-electron chi connectivity index (χ3n) is 3.36. The van der Waals surface area contributed by atoms with Crippen LogP contribution in [0, 0.1) is 0 Å². The number of aliphatic hydroxyl groups is 1. The molecule has 3 N–H and O–H groups in total. The van der Waals surface area contributed by atoms with Crippen molar-refractivity contribution in [3.8, 4) is 0 Å². The van der Waals surface area contributed by atoms with E-state index in [1.807, 2.05) is 12.1 Å². The van der Waals surface area contributed by atoms with E-state index in [2.05, 4.69) is 18.9 Å². The van der Waals surface area contributed by atoms with E-state index in [0.717, 1.165) is 38.0 Å². The zero-order valence-electron chi connectivity index (χ0n) is 11.5. The number of furan rings is 1. The summed E-state index contributed by atoms with van der Waals surface area (Å²) >= 11 is 0. The maximum atomic E-state index is 8.77. The standard InChI is InChI=1S/C14H26N2O2/c1-3-12(15)14(13-8-7-11-18-13)16(2)9-5-4-6-10-17/h7-8,11-12,14,17H,3-6,9-10,15H2,1-2H3. The van der Waals surface area contributed by atoms with E-state index in [1.165, 1.54) is 0 Å². The normalized spacial score (nSPS) is 14.9. The maximum absolute atomic E-state index is 8.77. The smallest absolute Gasteiger partial charge is 0.122 e. The Morgan fingerprint density at radius 3 is 2.72 bits per heavy atom. The minimum absolute atomic E-state index is 0.0824. The number of hydrogen-bond acceptors (Lipinski definition) is 4. The molecule has 0 spiro atoms. The van der Waals surface area contributed by atoms with E-state index in [9.17, 15) is 0 Å². The minimum Gasteiger partial charge on any atom is -0.468 e. The second-order valence-electron chi connectivity index (χ2n) is 4.80. The Morgan fingerprint density at radius 1 is 1.39 bits per heavy atom. The van der Waals surface area contributed by atoms with Crippen molar-refractivity contribution in [1.29, 1.82) is 0 Å². The predicted octanol–water partition coefficient (Wildman–Crippen LogP) is 2.15. The average molecular weight is 254 g/mol. The molecule has 104 valence electrons. The van der Waals surface area contributed by atoms with E-state index in [-0.39, 0.29) is 18.7 Å². The first-order valence-corrected chi connectivity index (χ1v) is 6.80. The Bertz CT molecular complexity index is 301. The zero-order chi connectivity index (χ0) is 13.4. The number of likely N-dealkylation sites (N-methyl/N-ethyl adjacent to an activating group) is 1. The number of nitrogens with zero attached hydrogens (tertiary/aromatic N) is 1. The van der Waals surface area contributed by atoms with Crippen LogP contribution in [0.4, 0.5) is 0 Å². The molecule has 0 aliphatic heterocycles. The minimum atomic E-state index is 0.0824. The van der Waals surface area contributed by atoms with E-state index < -0.39 is 0 Å². The predicted molar refractivity (Wildman–Crippen MR) is 73.3 cm³/mol. The molecule has 2 atom stereocenters. The molecule has 0 fully saturated rings. The molecule has 4 nitrogen and oxygen atoms in total. The van der Waals surface area contributed by atoms with Crippen molar-refractivity contribution in [3.63, 3.8) is 0 Å². The van der Waals surface area contributed by atoms with Gasteiger partial charge in [0.25, 0.3) is 0 Å². The lowest BCUT2D eigenvalue weighted by atomic mass is 10.0. The molecule has 2 unspecified atom stereocenters. The highest BCUT2D eigenvalue weighted by molar-refractivity contribution is 5.07. The summed E-state index contributed by atoms with van der Waals surface area (Å²) in [7, 11) is 2.08. The molecule has 1 aromatic heterocycles. The zero-order valence-corrected chi connectivity index (χ0v) is 11.5. The summed E-state index contributed by atoms with van der Waals surface area (Å²) in [6.45, 7) is 3.35. The largest absolute Gasteiger partial charge is 0.468 e. The molecule has 0 saturated carbocycles. The number of rotatable bonds is 9. The average Bonchev–Trinajstić information content (AvgIpc) is 2.88. The quantitative estimate of drug-likeness (QED) is 0.663. The molecule has 18 heavy (non-hydrogen) atoms. The molecule has 0 radical (unpaired) electrons. The maximum Gasteiger partial charge on any atom is 0.122 e. The first kappa shape index (κ1) is 15.2. The van der Waals surface area contributed by atoms with E-state index >= 15 is 0 Å². The summed E-state index contributed by atoms with van der Waals surface area (Å²) < 4.78 is 5.51. The van der Waals surface area contributed by atoms with Gasteiger partial charge in [-0.15, -0.1) is 0 Å². The molecule has 1 heterocycles. The van der Waals surface area contributed by atoms with Crippen LogP contribution in [-0.2, 0) is 0 Å². The Balaban J connectivity index is 2.54. The molecular weight excluding hydrogens is 228 g/mol. The third-order valence-corrected chi connectivity index (χ3v) is 3.36. The fraction of sp³-hybridized carbons (Fsp3) is 0.714. The van der Waals surface area contributed by atoms with Gasteiger partial charge in [0.1, 0.15) is 5.76 Å². The van der Waals surface area contributed by atoms with Crippen LogP contribution in [0.25, 0.3) is 0 Å². The molecule has 1 aromatic rings. The van der Waals surface area contributed by atoms with Crippen LogP contribution in [0.5, 0.6) is 0 Å². The lowest BCUT2D eigenvalue weighted by Crippen LogP contribution is -2.39. The van der Waals surface area contributed by atoms with Gasteiger partial charge in [0, 0.05) is 12.6 Å². The molecule has 0 aliphatic carbocycles. The third kappa shape index (κ3) is 4.44. The van der Waals surface area contributed by atoms with Crippen LogP contribution >= 0.6 is 0 Å². The van der Waals surface area contributed by atoms with Crippen LogP contribution in [0.1, 0.15) is 44.4 Å². The SMILES string of the molecule is CCC(N)C(c1ccco1)N(C)CCCCCO. The first-order chi connectivity index (χ1) is 8.70. The first-order valence-electron chi connectivity index (χ1n) is 6.80. The van der Waals surface area contributed by atoms with Gasteiger partial charge in [-0.2, -0.15) is 0 Å². The molecule has 0 amide bonds. The Kier molecular flexibility index (Phi) is 7.01. The highest BCUT2D eigenvalue weighted by Crippen LogP contribution is 2.24. The van der Waals surface area contributed by atoms with Gasteiger partial charge in [-0.05, 0) is 51.4 Å². The molecular formula is C14H26N2O2. The second kappa shape index (κ2) is 8.29. The summed E-state index contributed by atoms with van der Waals surface area (Å²) in [6, 6.07) is 4.12. The lowest BCUT2D eigenvalue weighted by Gasteiger charge is -2.30. The van der Waals surface area contributed by atoms with Crippen molar-refractivity contribution < 1.29 is 9.52 Å². The fourth-order valence-electron chi connectivity index (χ4n) is 2.23. The molecule has 0 aromatic carbocycles. The highest BCUT2D eigenvalue weighted by Gasteiger charge is 2.24. The van der Waals surface area contributed by atoms with Crippen molar-refractivity contribution in [2.45, 2.75) is 44.7 Å². The van der Waals surface area contributed by atoms with Crippen molar-refractivity contribution in [2.75, 3.05) is 20.2 Å². The number of aliphatic hydroxyl groups excluding tert-OH is 1. The Labute approximate surface area is 110 Å². The van der Waals surface area contributed by atoms with Gasteiger partial charge in [0.2, 0.25) is 0 Å². The van der Waals surface area contributed by atoms with Gasteiger partial charge >= 0.3 is 0 Å². The monoisotopic (exact) mass is 254 g/mol. The number of unbranched alkanes of at least 4 members (excludes halogenated alkanes) is 2. The van der Waals surface area contributed by atoms with Crippen molar-refractivity contribution in [2.24, 2.45) is 5.73 Å². The van der Waals surface area contributed by atoms with E-state index in [4.69, 9.17) is 15.3 Å². The molecule has 4 heteroatoms. The Hall–Kier alpha value is -0.840. The topological polar surface area (TPSA) is 62.6 Å². The van der Waals surface area contributed by atoms with Gasteiger partial charge in [-0.25, -0.2) is 0 Å². The van der Waals surface area contributed by atoms with Crippen LogP contribution < -0.4 is 5.73 Å². The van der Waals surface area contributed by atoms with E-state index in [1.54, 1.807) is 6.26 Å². The molecule has 0 bridgehead atoms. The van der Waals surface area contributed by atoms with Crippen LogP contribution in [0.3, 0.4) is 0 Å². The van der Waals surface area contributed by atoms with E-state index in [0.29, 0.717) is 0 Å². The van der Waals surface area contributed by atoms with Gasteiger partial charge in [0.15, 0.2) is 0 Å². The van der Waals surface area contributed by atoms with Crippen molar-refractivity contribution >= 4 is 0 Å². The van der Waals surface area contributed by atoms with Gasteiger partial charge in [0.05, 0.1) is 12.3 Å². The number of nitrogens with two attached hydrogens (primary N) is 1.